The Hall–Kier alpha value is -3.02. The van der Waals surface area contributed by atoms with Crippen molar-refractivity contribution in [1.29, 1.82) is 0 Å². The molecule has 0 saturated heterocycles. The summed E-state index contributed by atoms with van der Waals surface area (Å²) in [6, 6.07) is 32.3. The van der Waals surface area contributed by atoms with Crippen LogP contribution < -0.4 is 15.9 Å². The molecule has 0 aliphatic heterocycles. The summed E-state index contributed by atoms with van der Waals surface area (Å²) >= 11 is 0. The van der Waals surface area contributed by atoms with E-state index < -0.39 is 18.1 Å². The average molecular weight is 445 g/mol. The van der Waals surface area contributed by atoms with Crippen LogP contribution in [0.5, 0.6) is 0 Å². The van der Waals surface area contributed by atoms with Crippen molar-refractivity contribution in [2.24, 2.45) is 0 Å². The van der Waals surface area contributed by atoms with Gasteiger partial charge in [-0.15, -0.1) is 0 Å². The van der Waals surface area contributed by atoms with E-state index in [1.54, 1.807) is 0 Å². The Labute approximate surface area is 172 Å². The van der Waals surface area contributed by atoms with Crippen molar-refractivity contribution in [2.45, 2.75) is 0 Å². The van der Waals surface area contributed by atoms with Gasteiger partial charge in [0.1, 0.15) is 0 Å². The largest absolute Gasteiger partial charge is 2.00 e. The second-order valence-electron chi connectivity index (χ2n) is 4.79. The molecule has 28 heavy (non-hydrogen) atoms. The first-order chi connectivity index (χ1) is 12.9. The van der Waals surface area contributed by atoms with E-state index in [-0.39, 0.29) is 16.5 Å². The van der Waals surface area contributed by atoms with Gasteiger partial charge in [-0.25, -0.2) is 0 Å². The zero-order chi connectivity index (χ0) is 20.1. The number of hydrogen-bond acceptors (Lipinski definition) is 6. The van der Waals surface area contributed by atoms with E-state index in [1.165, 1.54) is 15.9 Å². The van der Waals surface area contributed by atoms with Gasteiger partial charge in [-0.2, -0.15) is 0 Å². The monoisotopic (exact) mass is 444 g/mol. The van der Waals surface area contributed by atoms with Crippen LogP contribution in [-0.2, 0) is 16.5 Å². The summed E-state index contributed by atoms with van der Waals surface area (Å²) in [7, 11) is -0.446. The zero-order valence-electron chi connectivity index (χ0n) is 14.3. The van der Waals surface area contributed by atoms with E-state index in [0.29, 0.717) is 0 Å². The second-order valence-corrected chi connectivity index (χ2v) is 7.01. The standard InChI is InChI=1S/C18H15P.2NO3.Ni/c1-4-10-16(11-5-1)19(17-12-6-2-7-13-17)18-14-8-3-9-15-18;2*2-1(3)4;/h1-15H;;;/q;2*-1;+2. The van der Waals surface area contributed by atoms with Gasteiger partial charge in [0.2, 0.25) is 0 Å². The first-order valence-corrected chi connectivity index (χ1v) is 8.84. The molecule has 0 atom stereocenters. The van der Waals surface area contributed by atoms with Crippen molar-refractivity contribution < 1.29 is 26.7 Å². The molecule has 8 nitrogen and oxygen atoms in total. The molecule has 3 aromatic carbocycles. The third kappa shape index (κ3) is 10.2. The molecule has 0 radical (unpaired) electrons. The summed E-state index contributed by atoms with van der Waals surface area (Å²) < 4.78 is 0. The van der Waals surface area contributed by atoms with E-state index in [0.717, 1.165) is 0 Å². The van der Waals surface area contributed by atoms with Crippen LogP contribution in [0.15, 0.2) is 91.0 Å². The van der Waals surface area contributed by atoms with Gasteiger partial charge in [0.05, 0.1) is 10.2 Å². The predicted octanol–water partition coefficient (Wildman–Crippen LogP) is 2.96. The second kappa shape index (κ2) is 14.1. The number of nitrogens with zero attached hydrogens (tertiary/aromatic N) is 2. The minimum Gasteiger partial charge on any atom is -0.356 e. The minimum absolute atomic E-state index is 0. The molecule has 0 heterocycles. The van der Waals surface area contributed by atoms with Gasteiger partial charge >= 0.3 is 16.5 Å². The normalized spacial score (nSPS) is 8.89. The molecular formula is C18H15N2NiO6P. The summed E-state index contributed by atoms with van der Waals surface area (Å²) in [4.78, 5) is 16.5. The molecule has 0 aliphatic rings. The van der Waals surface area contributed by atoms with Crippen molar-refractivity contribution >= 4 is 23.8 Å². The first kappa shape index (κ1) is 25.0. The van der Waals surface area contributed by atoms with Crippen LogP contribution in [-0.4, -0.2) is 10.2 Å². The number of hydrogen-bond donors (Lipinski definition) is 0. The molecule has 3 rings (SSSR count). The van der Waals surface area contributed by atoms with E-state index >= 15 is 0 Å². The Morgan fingerprint density at radius 2 is 0.679 bits per heavy atom. The third-order valence-corrected chi connectivity index (χ3v) is 5.49. The zero-order valence-corrected chi connectivity index (χ0v) is 16.1. The van der Waals surface area contributed by atoms with Gasteiger partial charge in [0.25, 0.3) is 0 Å². The topological polar surface area (TPSA) is 132 Å². The van der Waals surface area contributed by atoms with E-state index in [4.69, 9.17) is 30.6 Å². The number of benzene rings is 3. The Kier molecular flexibility index (Phi) is 12.6. The summed E-state index contributed by atoms with van der Waals surface area (Å²) in [5.41, 5.74) is 0. The van der Waals surface area contributed by atoms with Crippen molar-refractivity contribution in [3.8, 4) is 0 Å². The Balaban J connectivity index is 0.000000697. The molecule has 148 valence electrons. The molecular weight excluding hydrogens is 430 g/mol. The van der Waals surface area contributed by atoms with Crippen molar-refractivity contribution in [3.63, 3.8) is 0 Å². The molecule has 3 aromatic rings. The van der Waals surface area contributed by atoms with Gasteiger partial charge in [-0.05, 0) is 23.8 Å². The van der Waals surface area contributed by atoms with Crippen molar-refractivity contribution in [1.82, 2.24) is 0 Å². The first-order valence-electron chi connectivity index (χ1n) is 7.50. The molecule has 0 fully saturated rings. The maximum absolute atomic E-state index is 8.25. The number of rotatable bonds is 3. The fourth-order valence-corrected chi connectivity index (χ4v) is 4.48. The Bertz CT molecular complexity index is 711. The molecule has 0 aliphatic carbocycles. The Morgan fingerprint density at radius 1 is 0.500 bits per heavy atom. The molecule has 0 N–H and O–H groups in total. The maximum Gasteiger partial charge on any atom is 2.00 e. The molecule has 0 amide bonds. The molecule has 0 aromatic heterocycles. The van der Waals surface area contributed by atoms with Gasteiger partial charge in [-0.1, -0.05) is 91.0 Å². The van der Waals surface area contributed by atoms with E-state index in [9.17, 15) is 0 Å². The van der Waals surface area contributed by atoms with Crippen LogP contribution in [0.4, 0.5) is 0 Å². The Morgan fingerprint density at radius 3 is 0.857 bits per heavy atom. The van der Waals surface area contributed by atoms with Gasteiger partial charge in [-0.3, -0.25) is 0 Å². The third-order valence-electron chi connectivity index (χ3n) is 3.04. The van der Waals surface area contributed by atoms with Crippen molar-refractivity contribution in [2.75, 3.05) is 0 Å². The summed E-state index contributed by atoms with van der Waals surface area (Å²) in [5.74, 6) is 0. The summed E-state index contributed by atoms with van der Waals surface area (Å²) in [6.45, 7) is 0. The van der Waals surface area contributed by atoms with Crippen LogP contribution >= 0.6 is 7.92 Å². The van der Waals surface area contributed by atoms with Crippen LogP contribution in [0.25, 0.3) is 0 Å². The summed E-state index contributed by atoms with van der Waals surface area (Å²) in [5, 5.41) is 33.7. The van der Waals surface area contributed by atoms with E-state index in [1.807, 2.05) is 0 Å². The average Bonchev–Trinajstić information content (AvgIpc) is 2.64. The van der Waals surface area contributed by atoms with Crippen LogP contribution in [0, 0.1) is 30.6 Å². The van der Waals surface area contributed by atoms with Crippen LogP contribution in [0.2, 0.25) is 0 Å². The summed E-state index contributed by atoms with van der Waals surface area (Å²) in [6.07, 6.45) is 0. The molecule has 0 unspecified atom stereocenters. The fraction of sp³-hybridized carbons (Fsp3) is 0. The maximum atomic E-state index is 8.25. The fourth-order valence-electron chi connectivity index (χ4n) is 2.18. The molecule has 0 bridgehead atoms. The van der Waals surface area contributed by atoms with Gasteiger partial charge < -0.3 is 30.6 Å². The van der Waals surface area contributed by atoms with Gasteiger partial charge in [0.15, 0.2) is 0 Å². The van der Waals surface area contributed by atoms with Crippen LogP contribution in [0.1, 0.15) is 0 Å². The van der Waals surface area contributed by atoms with Crippen LogP contribution in [0.3, 0.4) is 0 Å². The quantitative estimate of drug-likeness (QED) is 0.264. The van der Waals surface area contributed by atoms with Crippen molar-refractivity contribution in [3.05, 3.63) is 122 Å². The minimum atomic E-state index is -1.75. The molecule has 10 heteroatoms. The van der Waals surface area contributed by atoms with Gasteiger partial charge in [0, 0.05) is 0 Å². The van der Waals surface area contributed by atoms with E-state index in [2.05, 4.69) is 91.0 Å². The molecule has 0 spiro atoms. The predicted molar refractivity (Wildman–Crippen MR) is 106 cm³/mol. The smallest absolute Gasteiger partial charge is 0.356 e. The SMILES string of the molecule is O=[N+]([O-])[O-].O=[N+]([O-])[O-].[Ni+2].c1ccc(P(c2ccccc2)c2ccccc2)cc1. The molecule has 0 saturated carbocycles.